The maximum Gasteiger partial charge on any atom is 0.348 e. The Morgan fingerprint density at radius 2 is 1.67 bits per heavy atom. The SMILES string of the molecule is COC(=O)C1(C(=O)OC)NC(=O)c2ccccc21. The van der Waals surface area contributed by atoms with Crippen LogP contribution in [0.15, 0.2) is 24.3 Å². The van der Waals surface area contributed by atoms with Crippen molar-refractivity contribution < 1.29 is 23.9 Å². The summed E-state index contributed by atoms with van der Waals surface area (Å²) in [6.45, 7) is 0. The Balaban J connectivity index is 2.68. The number of hydrogen-bond donors (Lipinski definition) is 1. The van der Waals surface area contributed by atoms with Crippen molar-refractivity contribution in [3.63, 3.8) is 0 Å². The fourth-order valence-corrected chi connectivity index (χ4v) is 2.02. The zero-order valence-electron chi connectivity index (χ0n) is 9.85. The molecule has 0 aromatic heterocycles. The van der Waals surface area contributed by atoms with Gasteiger partial charge in [0.05, 0.1) is 14.2 Å². The molecule has 6 nitrogen and oxygen atoms in total. The second-order valence-corrected chi connectivity index (χ2v) is 3.73. The summed E-state index contributed by atoms with van der Waals surface area (Å²) in [6, 6.07) is 6.31. The van der Waals surface area contributed by atoms with Crippen LogP contribution in [-0.2, 0) is 24.6 Å². The van der Waals surface area contributed by atoms with Crippen LogP contribution in [0.1, 0.15) is 15.9 Å². The van der Waals surface area contributed by atoms with Gasteiger partial charge in [-0.3, -0.25) is 4.79 Å². The van der Waals surface area contributed by atoms with Crippen molar-refractivity contribution in [3.05, 3.63) is 35.4 Å². The molecule has 18 heavy (non-hydrogen) atoms. The van der Waals surface area contributed by atoms with Crippen molar-refractivity contribution in [2.24, 2.45) is 0 Å². The van der Waals surface area contributed by atoms with Gasteiger partial charge in [-0.15, -0.1) is 0 Å². The van der Waals surface area contributed by atoms with Gasteiger partial charge in [0.2, 0.25) is 0 Å². The van der Waals surface area contributed by atoms with Gasteiger partial charge in [-0.2, -0.15) is 0 Å². The molecule has 0 saturated heterocycles. The summed E-state index contributed by atoms with van der Waals surface area (Å²) in [5.74, 6) is -2.28. The van der Waals surface area contributed by atoms with Gasteiger partial charge >= 0.3 is 11.9 Å². The van der Waals surface area contributed by atoms with Crippen LogP contribution >= 0.6 is 0 Å². The zero-order chi connectivity index (χ0) is 13.3. The van der Waals surface area contributed by atoms with E-state index in [9.17, 15) is 14.4 Å². The van der Waals surface area contributed by atoms with E-state index in [1.165, 1.54) is 12.1 Å². The second kappa shape index (κ2) is 4.14. The van der Waals surface area contributed by atoms with Crippen molar-refractivity contribution in [3.8, 4) is 0 Å². The first-order valence-corrected chi connectivity index (χ1v) is 5.16. The minimum Gasteiger partial charge on any atom is -0.467 e. The topological polar surface area (TPSA) is 81.7 Å². The lowest BCUT2D eigenvalue weighted by Gasteiger charge is -2.23. The van der Waals surface area contributed by atoms with Gasteiger partial charge in [0.1, 0.15) is 0 Å². The van der Waals surface area contributed by atoms with E-state index in [1.54, 1.807) is 12.1 Å². The molecule has 0 saturated carbocycles. The summed E-state index contributed by atoms with van der Waals surface area (Å²) in [4.78, 5) is 35.6. The van der Waals surface area contributed by atoms with Crippen LogP contribution < -0.4 is 5.32 Å². The highest BCUT2D eigenvalue weighted by Gasteiger charge is 2.57. The number of nitrogens with one attached hydrogen (secondary N) is 1. The van der Waals surface area contributed by atoms with Crippen LogP contribution in [0.3, 0.4) is 0 Å². The molecular weight excluding hydrogens is 238 g/mol. The average molecular weight is 249 g/mol. The van der Waals surface area contributed by atoms with Gasteiger partial charge in [0, 0.05) is 11.1 Å². The Labute approximate surface area is 103 Å². The molecule has 1 amide bonds. The molecule has 1 heterocycles. The predicted molar refractivity (Wildman–Crippen MR) is 59.6 cm³/mol. The van der Waals surface area contributed by atoms with E-state index < -0.39 is 23.4 Å². The molecule has 1 aromatic rings. The van der Waals surface area contributed by atoms with Crippen molar-refractivity contribution in [2.75, 3.05) is 14.2 Å². The quantitative estimate of drug-likeness (QED) is 0.588. The standard InChI is InChI=1S/C12H11NO5/c1-17-10(15)12(11(16)18-2)8-6-4-3-5-7(8)9(14)13-12/h3-6H,1-2H3,(H,13,14). The lowest BCUT2D eigenvalue weighted by Crippen LogP contribution is -2.54. The lowest BCUT2D eigenvalue weighted by molar-refractivity contribution is -0.163. The van der Waals surface area contributed by atoms with E-state index in [0.29, 0.717) is 0 Å². The summed E-state index contributed by atoms with van der Waals surface area (Å²) < 4.78 is 9.22. The highest BCUT2D eigenvalue weighted by atomic mass is 16.5. The number of hydrogen-bond acceptors (Lipinski definition) is 5. The molecule has 0 unspecified atom stereocenters. The number of esters is 2. The van der Waals surface area contributed by atoms with Crippen LogP contribution in [0, 0.1) is 0 Å². The van der Waals surface area contributed by atoms with Crippen molar-refractivity contribution in [1.29, 1.82) is 0 Å². The molecular formula is C12H11NO5. The molecule has 0 aliphatic carbocycles. The third-order valence-electron chi connectivity index (χ3n) is 2.86. The van der Waals surface area contributed by atoms with Gasteiger partial charge in [-0.25, -0.2) is 9.59 Å². The minimum absolute atomic E-state index is 0.244. The van der Waals surface area contributed by atoms with Gasteiger partial charge in [0.15, 0.2) is 0 Å². The molecule has 0 spiro atoms. The first-order valence-electron chi connectivity index (χ1n) is 5.16. The van der Waals surface area contributed by atoms with Crippen molar-refractivity contribution >= 4 is 17.8 Å². The van der Waals surface area contributed by atoms with E-state index in [4.69, 9.17) is 0 Å². The van der Waals surface area contributed by atoms with Crippen LogP contribution in [0.2, 0.25) is 0 Å². The van der Waals surface area contributed by atoms with E-state index in [0.717, 1.165) is 14.2 Å². The number of amides is 1. The number of carbonyl (C=O) groups is 3. The maximum absolute atomic E-state index is 11.9. The van der Waals surface area contributed by atoms with E-state index >= 15 is 0 Å². The molecule has 1 aliphatic rings. The molecule has 0 radical (unpaired) electrons. The zero-order valence-corrected chi connectivity index (χ0v) is 9.85. The van der Waals surface area contributed by atoms with Gasteiger partial charge in [0.25, 0.3) is 11.4 Å². The highest BCUT2D eigenvalue weighted by Crippen LogP contribution is 2.33. The summed E-state index contributed by atoms with van der Waals surface area (Å²) in [6.07, 6.45) is 0. The molecule has 0 bridgehead atoms. The Hall–Kier alpha value is -2.37. The van der Waals surface area contributed by atoms with Crippen LogP contribution in [0.25, 0.3) is 0 Å². The largest absolute Gasteiger partial charge is 0.467 e. The molecule has 94 valence electrons. The van der Waals surface area contributed by atoms with Crippen molar-refractivity contribution in [2.45, 2.75) is 5.54 Å². The van der Waals surface area contributed by atoms with Crippen LogP contribution in [0.4, 0.5) is 0 Å². The molecule has 6 heteroatoms. The Morgan fingerprint density at radius 1 is 1.11 bits per heavy atom. The molecule has 0 fully saturated rings. The summed E-state index contributed by atoms with van der Waals surface area (Å²) in [5, 5.41) is 2.35. The van der Waals surface area contributed by atoms with E-state index in [1.807, 2.05) is 0 Å². The van der Waals surface area contributed by atoms with Crippen molar-refractivity contribution in [1.82, 2.24) is 5.32 Å². The molecule has 0 atom stereocenters. The monoisotopic (exact) mass is 249 g/mol. The van der Waals surface area contributed by atoms with Gasteiger partial charge < -0.3 is 14.8 Å². The number of fused-ring (bicyclic) bond motifs is 1. The average Bonchev–Trinajstić information content (AvgIpc) is 2.72. The summed E-state index contributed by atoms with van der Waals surface area (Å²) in [5.41, 5.74) is -1.40. The van der Waals surface area contributed by atoms with Crippen LogP contribution in [0.5, 0.6) is 0 Å². The second-order valence-electron chi connectivity index (χ2n) is 3.73. The minimum atomic E-state index is -1.91. The third-order valence-corrected chi connectivity index (χ3v) is 2.86. The third kappa shape index (κ3) is 1.38. The number of ether oxygens (including phenoxy) is 2. The lowest BCUT2D eigenvalue weighted by atomic mass is 9.90. The summed E-state index contributed by atoms with van der Waals surface area (Å²) in [7, 11) is 2.28. The predicted octanol–water partition coefficient (Wildman–Crippen LogP) is -0.0287. The fraction of sp³-hybridized carbons (Fsp3) is 0.250. The number of methoxy groups -OCH3 is 2. The molecule has 1 aromatic carbocycles. The Bertz CT molecular complexity index is 521. The molecule has 1 N–H and O–H groups in total. The van der Waals surface area contributed by atoms with Crippen LogP contribution in [-0.4, -0.2) is 32.1 Å². The Kier molecular flexibility index (Phi) is 2.78. The number of rotatable bonds is 2. The number of benzene rings is 1. The normalized spacial score (nSPS) is 15.6. The maximum atomic E-state index is 11.9. The van der Waals surface area contributed by atoms with Gasteiger partial charge in [-0.1, -0.05) is 18.2 Å². The fourth-order valence-electron chi connectivity index (χ4n) is 2.02. The van der Waals surface area contributed by atoms with E-state index in [2.05, 4.69) is 14.8 Å². The first kappa shape index (κ1) is 12.1. The smallest absolute Gasteiger partial charge is 0.348 e. The highest BCUT2D eigenvalue weighted by molar-refractivity contribution is 6.16. The first-order chi connectivity index (χ1) is 8.57. The molecule has 2 rings (SSSR count). The Morgan fingerprint density at radius 3 is 2.22 bits per heavy atom. The van der Waals surface area contributed by atoms with Gasteiger partial charge in [-0.05, 0) is 6.07 Å². The molecule has 1 aliphatic heterocycles. The summed E-state index contributed by atoms with van der Waals surface area (Å²) >= 11 is 0. The van der Waals surface area contributed by atoms with E-state index in [-0.39, 0.29) is 11.1 Å². The number of carbonyl (C=O) groups excluding carboxylic acids is 3.